The highest BCUT2D eigenvalue weighted by Gasteiger charge is 2.46. The molecule has 0 fully saturated rings. The number of hydrogen-bond acceptors (Lipinski definition) is 28. The molecule has 0 aromatic rings. The summed E-state index contributed by atoms with van der Waals surface area (Å²) in [4.78, 5) is 54.2. The number of hydrogen-bond donors (Lipinski definition) is 16. The number of aliphatic hydroxyl groups is 16. The summed E-state index contributed by atoms with van der Waals surface area (Å²) in [5.74, 6) is -6.36. The number of esters is 4. The van der Waals surface area contributed by atoms with Gasteiger partial charge in [-0.25, -0.2) is 19.2 Å². The summed E-state index contributed by atoms with van der Waals surface area (Å²) in [5, 5.41) is 161. The van der Waals surface area contributed by atoms with Gasteiger partial charge in [0.15, 0.2) is 24.4 Å². The minimum absolute atomic E-state index is 0.370. The molecule has 384 valence electrons. The van der Waals surface area contributed by atoms with Gasteiger partial charge in [0.05, 0.1) is 26.4 Å². The predicted octanol–water partition coefficient (Wildman–Crippen LogP) is -9.93. The number of carbonyl (C=O) groups is 4. The first-order valence-corrected chi connectivity index (χ1v) is 20.3. The lowest BCUT2D eigenvalue weighted by molar-refractivity contribution is -0.199. The van der Waals surface area contributed by atoms with Gasteiger partial charge in [0, 0.05) is 26.4 Å². The van der Waals surface area contributed by atoms with Crippen molar-refractivity contribution in [3.05, 3.63) is 0 Å². The molecule has 0 bridgehead atoms. The Morgan fingerprint density at radius 1 is 0.338 bits per heavy atom. The van der Waals surface area contributed by atoms with Gasteiger partial charge in [0.25, 0.3) is 0 Å². The Hall–Kier alpha value is -2.92. The minimum Gasteiger partial charge on any atom is -0.463 e. The van der Waals surface area contributed by atoms with Crippen LogP contribution in [0, 0.1) is 5.41 Å². The SMILES string of the molecule is CCOC(C(=O)OCC(COC(=O)C(OCC)C(O)C(O)C(O)CO)(COC(=O)C(OCC)C(O)C(O)C(O)CO)COC(=O)C(OCC)C(O)C(O)C(O)CO)C(O)C(O)C(O)CO. The number of rotatable bonds is 36. The maximum atomic E-state index is 13.5. The Labute approximate surface area is 372 Å². The maximum Gasteiger partial charge on any atom is 0.338 e. The second-order valence-corrected chi connectivity index (χ2v) is 14.4. The van der Waals surface area contributed by atoms with E-state index in [0.717, 1.165) is 0 Å². The molecule has 16 unspecified atom stereocenters. The summed E-state index contributed by atoms with van der Waals surface area (Å²) in [6, 6.07) is 0. The summed E-state index contributed by atoms with van der Waals surface area (Å²) in [7, 11) is 0. The van der Waals surface area contributed by atoms with Gasteiger partial charge in [0.2, 0.25) is 0 Å². The van der Waals surface area contributed by atoms with Crippen LogP contribution in [0.15, 0.2) is 0 Å². The van der Waals surface area contributed by atoms with Crippen molar-refractivity contribution in [2.24, 2.45) is 5.41 Å². The fourth-order valence-electron chi connectivity index (χ4n) is 5.48. The molecule has 0 aromatic carbocycles. The maximum absolute atomic E-state index is 13.5. The van der Waals surface area contributed by atoms with E-state index < -0.39 is 180 Å². The van der Waals surface area contributed by atoms with Crippen LogP contribution in [0.3, 0.4) is 0 Å². The average Bonchev–Trinajstić information content (AvgIpc) is 3.31. The van der Waals surface area contributed by atoms with Crippen molar-refractivity contribution in [1.82, 2.24) is 0 Å². The molecule has 28 nitrogen and oxygen atoms in total. The van der Waals surface area contributed by atoms with Crippen LogP contribution in [-0.4, -0.2) is 283 Å². The lowest BCUT2D eigenvalue weighted by atomic mass is 9.91. The second-order valence-electron chi connectivity index (χ2n) is 14.4. The van der Waals surface area contributed by atoms with Crippen molar-refractivity contribution in [3.63, 3.8) is 0 Å². The van der Waals surface area contributed by atoms with Gasteiger partial charge < -0.3 is 120 Å². The Balaban J connectivity index is 7.62. The topological polar surface area (TPSA) is 466 Å². The highest BCUT2D eigenvalue weighted by molar-refractivity contribution is 5.77. The summed E-state index contributed by atoms with van der Waals surface area (Å²) in [6.45, 7) is -5.76. The van der Waals surface area contributed by atoms with E-state index in [4.69, 9.17) is 37.9 Å². The number of aliphatic hydroxyl groups excluding tert-OH is 16. The van der Waals surface area contributed by atoms with Crippen molar-refractivity contribution < 1.29 is 139 Å². The normalized spacial score (nSPS) is 20.4. The van der Waals surface area contributed by atoms with Crippen molar-refractivity contribution >= 4 is 23.9 Å². The number of ether oxygens (including phenoxy) is 8. The van der Waals surface area contributed by atoms with Gasteiger partial charge in [-0.3, -0.25) is 0 Å². The number of carbonyl (C=O) groups excluding carboxylic acids is 4. The van der Waals surface area contributed by atoms with Gasteiger partial charge in [0.1, 0.15) is 105 Å². The molecule has 0 aromatic heterocycles. The van der Waals surface area contributed by atoms with Crippen LogP contribution in [0.5, 0.6) is 0 Å². The van der Waals surface area contributed by atoms with Crippen molar-refractivity contribution in [2.75, 3.05) is 79.3 Å². The van der Waals surface area contributed by atoms with Crippen LogP contribution in [0.1, 0.15) is 27.7 Å². The summed E-state index contributed by atoms with van der Waals surface area (Å²) < 4.78 is 42.1. The Morgan fingerprint density at radius 3 is 0.646 bits per heavy atom. The molecule has 0 heterocycles. The van der Waals surface area contributed by atoms with Gasteiger partial charge in [-0.15, -0.1) is 0 Å². The fraction of sp³-hybridized carbons (Fsp3) is 0.892. The highest BCUT2D eigenvalue weighted by Crippen LogP contribution is 2.26. The summed E-state index contributed by atoms with van der Waals surface area (Å²) >= 11 is 0. The van der Waals surface area contributed by atoms with Crippen molar-refractivity contribution in [2.45, 2.75) is 125 Å². The first-order chi connectivity index (χ1) is 30.5. The van der Waals surface area contributed by atoms with Crippen LogP contribution < -0.4 is 0 Å². The molecule has 28 heteroatoms. The highest BCUT2D eigenvalue weighted by atomic mass is 16.6. The summed E-state index contributed by atoms with van der Waals surface area (Å²) in [6.07, 6.45) is -35.2. The van der Waals surface area contributed by atoms with Crippen LogP contribution in [0.25, 0.3) is 0 Å². The van der Waals surface area contributed by atoms with Gasteiger partial charge in [-0.2, -0.15) is 0 Å². The van der Waals surface area contributed by atoms with Gasteiger partial charge >= 0.3 is 23.9 Å². The zero-order valence-electron chi connectivity index (χ0n) is 36.3. The molecule has 16 atom stereocenters. The summed E-state index contributed by atoms with van der Waals surface area (Å²) in [5.41, 5.74) is -2.50. The smallest absolute Gasteiger partial charge is 0.338 e. The van der Waals surface area contributed by atoms with Crippen LogP contribution in [0.4, 0.5) is 0 Å². The lowest BCUT2D eigenvalue weighted by Crippen LogP contribution is -2.54. The molecule has 0 rings (SSSR count). The van der Waals surface area contributed by atoms with Gasteiger partial charge in [-0.1, -0.05) is 0 Å². The lowest BCUT2D eigenvalue weighted by Gasteiger charge is -2.35. The fourth-order valence-corrected chi connectivity index (χ4v) is 5.48. The standard InChI is InChI=1S/C37H68O28/c1-5-58-29(25(50)21(46)17(42)9-38)33(54)62-13-37(14-63-34(55)30(59-6-2)26(51)22(47)18(43)10-39,15-64-35(56)31(60-7-3)27(52)23(48)19(44)11-40)16-65-36(57)32(61-8-4)28(53)24(49)20(45)12-41/h17-32,38-53H,5-16H2,1-4H3. The molecule has 0 radical (unpaired) electrons. The molecule has 16 N–H and O–H groups in total. The molecule has 0 aliphatic heterocycles. The second kappa shape index (κ2) is 31.9. The third kappa shape index (κ3) is 19.3. The van der Waals surface area contributed by atoms with E-state index in [1.54, 1.807) is 0 Å². The molecular formula is C37H68O28. The Morgan fingerprint density at radius 2 is 0.508 bits per heavy atom. The van der Waals surface area contributed by atoms with E-state index in [0.29, 0.717) is 0 Å². The van der Waals surface area contributed by atoms with E-state index in [1.165, 1.54) is 27.7 Å². The monoisotopic (exact) mass is 960 g/mol. The molecule has 0 saturated heterocycles. The van der Waals surface area contributed by atoms with Crippen molar-refractivity contribution in [3.8, 4) is 0 Å². The Bertz CT molecular complexity index is 1150. The average molecular weight is 961 g/mol. The van der Waals surface area contributed by atoms with E-state index in [2.05, 4.69) is 0 Å². The van der Waals surface area contributed by atoms with Gasteiger partial charge in [-0.05, 0) is 27.7 Å². The zero-order chi connectivity index (χ0) is 50.2. The first kappa shape index (κ1) is 62.1. The van der Waals surface area contributed by atoms with Crippen molar-refractivity contribution in [1.29, 1.82) is 0 Å². The van der Waals surface area contributed by atoms with Crippen LogP contribution in [-0.2, 0) is 57.1 Å². The molecule has 0 saturated carbocycles. The molecule has 0 amide bonds. The molecule has 0 aliphatic rings. The minimum atomic E-state index is -2.50. The first-order valence-electron chi connectivity index (χ1n) is 20.3. The molecule has 0 spiro atoms. The molecule has 0 aliphatic carbocycles. The predicted molar refractivity (Wildman–Crippen MR) is 208 cm³/mol. The quantitative estimate of drug-likeness (QED) is 0.0205. The molecule has 65 heavy (non-hydrogen) atoms. The van der Waals surface area contributed by atoms with Crippen LogP contribution >= 0.6 is 0 Å². The molecular weight excluding hydrogens is 892 g/mol. The van der Waals surface area contributed by atoms with E-state index >= 15 is 0 Å². The largest absolute Gasteiger partial charge is 0.463 e. The van der Waals surface area contributed by atoms with E-state index in [-0.39, 0.29) is 26.4 Å². The third-order valence-electron chi connectivity index (χ3n) is 9.36. The van der Waals surface area contributed by atoms with Crippen LogP contribution in [0.2, 0.25) is 0 Å². The van der Waals surface area contributed by atoms with E-state index in [1.807, 2.05) is 0 Å². The third-order valence-corrected chi connectivity index (χ3v) is 9.36. The Kier molecular flexibility index (Phi) is 30.5. The zero-order valence-corrected chi connectivity index (χ0v) is 36.3. The van der Waals surface area contributed by atoms with E-state index in [9.17, 15) is 101 Å².